The standard InChI is InChI=1S/C12H17Br2N/c1-2-3-4-5-9-15-12-10(13)7-6-8-11(12)14/h6-8,15H,2-5,9H2,1H3. The fraction of sp³-hybridized carbons (Fsp3) is 0.500. The van der Waals surface area contributed by atoms with Crippen LogP contribution in [0.3, 0.4) is 0 Å². The first-order valence-corrected chi connectivity index (χ1v) is 7.02. The summed E-state index contributed by atoms with van der Waals surface area (Å²) in [5, 5.41) is 3.45. The largest absolute Gasteiger partial charge is 0.383 e. The van der Waals surface area contributed by atoms with Crippen molar-refractivity contribution in [2.75, 3.05) is 11.9 Å². The van der Waals surface area contributed by atoms with Crippen LogP contribution >= 0.6 is 31.9 Å². The van der Waals surface area contributed by atoms with Gasteiger partial charge in [0.2, 0.25) is 0 Å². The van der Waals surface area contributed by atoms with Crippen molar-refractivity contribution in [2.45, 2.75) is 32.6 Å². The van der Waals surface area contributed by atoms with Gasteiger partial charge in [0.1, 0.15) is 0 Å². The number of rotatable bonds is 6. The van der Waals surface area contributed by atoms with E-state index in [4.69, 9.17) is 0 Å². The van der Waals surface area contributed by atoms with Gasteiger partial charge in [-0.25, -0.2) is 0 Å². The molecule has 15 heavy (non-hydrogen) atoms. The highest BCUT2D eigenvalue weighted by molar-refractivity contribution is 9.11. The van der Waals surface area contributed by atoms with E-state index in [0.29, 0.717) is 0 Å². The number of anilines is 1. The van der Waals surface area contributed by atoms with Gasteiger partial charge >= 0.3 is 0 Å². The SMILES string of the molecule is CCCCCCNc1c(Br)cccc1Br. The van der Waals surface area contributed by atoms with Crippen molar-refractivity contribution < 1.29 is 0 Å². The summed E-state index contributed by atoms with van der Waals surface area (Å²) in [5.41, 5.74) is 1.16. The molecule has 0 aliphatic rings. The zero-order valence-corrected chi connectivity index (χ0v) is 12.2. The van der Waals surface area contributed by atoms with Crippen LogP contribution in [0.15, 0.2) is 27.1 Å². The van der Waals surface area contributed by atoms with Gasteiger partial charge in [-0.1, -0.05) is 32.3 Å². The van der Waals surface area contributed by atoms with Crippen LogP contribution in [0.4, 0.5) is 5.69 Å². The van der Waals surface area contributed by atoms with Crippen molar-refractivity contribution in [2.24, 2.45) is 0 Å². The van der Waals surface area contributed by atoms with Crippen molar-refractivity contribution in [1.82, 2.24) is 0 Å². The van der Waals surface area contributed by atoms with Gasteiger partial charge in [-0.3, -0.25) is 0 Å². The van der Waals surface area contributed by atoms with Gasteiger partial charge < -0.3 is 5.32 Å². The van der Waals surface area contributed by atoms with Crippen LogP contribution < -0.4 is 5.32 Å². The minimum atomic E-state index is 1.04. The van der Waals surface area contributed by atoms with E-state index in [2.05, 4.69) is 56.2 Å². The normalized spacial score (nSPS) is 10.3. The Morgan fingerprint density at radius 2 is 1.73 bits per heavy atom. The zero-order valence-electron chi connectivity index (χ0n) is 9.02. The quantitative estimate of drug-likeness (QED) is 0.704. The van der Waals surface area contributed by atoms with E-state index in [1.807, 2.05) is 6.07 Å². The molecule has 1 nitrogen and oxygen atoms in total. The Bertz CT molecular complexity index is 279. The zero-order chi connectivity index (χ0) is 11.1. The maximum Gasteiger partial charge on any atom is 0.0628 e. The average molecular weight is 335 g/mol. The molecule has 84 valence electrons. The minimum absolute atomic E-state index is 1.04. The molecular weight excluding hydrogens is 318 g/mol. The highest BCUT2D eigenvalue weighted by Gasteiger charge is 2.02. The topological polar surface area (TPSA) is 12.0 Å². The molecule has 0 atom stereocenters. The molecule has 0 aliphatic carbocycles. The number of unbranched alkanes of at least 4 members (excludes halogenated alkanes) is 3. The molecule has 0 amide bonds. The van der Waals surface area contributed by atoms with E-state index in [-0.39, 0.29) is 0 Å². The fourth-order valence-electron chi connectivity index (χ4n) is 1.43. The Labute approximate surface area is 109 Å². The van der Waals surface area contributed by atoms with Gasteiger partial charge in [0.25, 0.3) is 0 Å². The molecule has 0 saturated heterocycles. The van der Waals surface area contributed by atoms with Gasteiger partial charge in [0.15, 0.2) is 0 Å². The van der Waals surface area contributed by atoms with E-state index >= 15 is 0 Å². The summed E-state index contributed by atoms with van der Waals surface area (Å²) in [7, 11) is 0. The van der Waals surface area contributed by atoms with E-state index in [1.165, 1.54) is 25.7 Å². The summed E-state index contributed by atoms with van der Waals surface area (Å²) in [6.45, 7) is 3.28. The molecule has 1 aromatic rings. The molecule has 0 aromatic heterocycles. The Balaban J connectivity index is 2.37. The molecule has 0 bridgehead atoms. The second-order valence-corrected chi connectivity index (χ2v) is 5.29. The number of hydrogen-bond donors (Lipinski definition) is 1. The van der Waals surface area contributed by atoms with Crippen molar-refractivity contribution in [3.63, 3.8) is 0 Å². The lowest BCUT2D eigenvalue weighted by molar-refractivity contribution is 0.685. The highest BCUT2D eigenvalue weighted by Crippen LogP contribution is 2.30. The summed E-state index contributed by atoms with van der Waals surface area (Å²) >= 11 is 7.07. The van der Waals surface area contributed by atoms with E-state index in [1.54, 1.807) is 0 Å². The van der Waals surface area contributed by atoms with Crippen molar-refractivity contribution >= 4 is 37.5 Å². The van der Waals surface area contributed by atoms with Gasteiger partial charge in [-0.05, 0) is 50.4 Å². The summed E-state index contributed by atoms with van der Waals surface area (Å²) in [5.74, 6) is 0. The van der Waals surface area contributed by atoms with Crippen LogP contribution in [-0.4, -0.2) is 6.54 Å². The summed E-state index contributed by atoms with van der Waals surface area (Å²) < 4.78 is 2.24. The first-order chi connectivity index (χ1) is 7.25. The monoisotopic (exact) mass is 333 g/mol. The lowest BCUT2D eigenvalue weighted by Gasteiger charge is -2.10. The third-order valence-corrected chi connectivity index (χ3v) is 3.62. The van der Waals surface area contributed by atoms with Gasteiger partial charge in [-0.2, -0.15) is 0 Å². The number of halogens is 2. The van der Waals surface area contributed by atoms with Crippen molar-refractivity contribution in [1.29, 1.82) is 0 Å². The van der Waals surface area contributed by atoms with E-state index in [0.717, 1.165) is 21.2 Å². The van der Waals surface area contributed by atoms with Crippen molar-refractivity contribution in [3.8, 4) is 0 Å². The predicted molar refractivity (Wildman–Crippen MR) is 74.5 cm³/mol. The number of hydrogen-bond acceptors (Lipinski definition) is 1. The smallest absolute Gasteiger partial charge is 0.0628 e. The minimum Gasteiger partial charge on any atom is -0.383 e. The molecule has 1 aromatic carbocycles. The Hall–Kier alpha value is -0.0200. The molecule has 0 saturated carbocycles. The van der Waals surface area contributed by atoms with Crippen molar-refractivity contribution in [3.05, 3.63) is 27.1 Å². The lowest BCUT2D eigenvalue weighted by atomic mass is 10.2. The molecule has 0 unspecified atom stereocenters. The maximum atomic E-state index is 3.54. The molecular formula is C12H17Br2N. The number of nitrogens with one attached hydrogen (secondary N) is 1. The second-order valence-electron chi connectivity index (χ2n) is 3.58. The molecule has 0 fully saturated rings. The van der Waals surface area contributed by atoms with Gasteiger partial charge in [0.05, 0.1) is 5.69 Å². The second kappa shape index (κ2) is 7.29. The number of para-hydroxylation sites is 1. The first-order valence-electron chi connectivity index (χ1n) is 5.43. The summed E-state index contributed by atoms with van der Waals surface area (Å²) in [6, 6.07) is 6.13. The van der Waals surface area contributed by atoms with Gasteiger partial charge in [0, 0.05) is 15.5 Å². The Kier molecular flexibility index (Phi) is 6.34. The van der Waals surface area contributed by atoms with Crippen LogP contribution in [0.1, 0.15) is 32.6 Å². The summed E-state index contributed by atoms with van der Waals surface area (Å²) in [6.07, 6.45) is 5.17. The van der Waals surface area contributed by atoms with Crippen LogP contribution in [-0.2, 0) is 0 Å². The van der Waals surface area contributed by atoms with E-state index in [9.17, 15) is 0 Å². The van der Waals surface area contributed by atoms with Crippen LogP contribution in [0.25, 0.3) is 0 Å². The lowest BCUT2D eigenvalue weighted by Crippen LogP contribution is -2.02. The third-order valence-electron chi connectivity index (χ3n) is 2.29. The van der Waals surface area contributed by atoms with E-state index < -0.39 is 0 Å². The highest BCUT2D eigenvalue weighted by atomic mass is 79.9. The molecule has 0 spiro atoms. The third kappa shape index (κ3) is 4.56. The molecule has 0 aliphatic heterocycles. The molecule has 0 heterocycles. The first kappa shape index (κ1) is 13.0. The van der Waals surface area contributed by atoms with Crippen LogP contribution in [0.5, 0.6) is 0 Å². The van der Waals surface area contributed by atoms with Crippen LogP contribution in [0, 0.1) is 0 Å². The summed E-state index contributed by atoms with van der Waals surface area (Å²) in [4.78, 5) is 0. The predicted octanol–water partition coefficient (Wildman–Crippen LogP) is 5.20. The maximum absolute atomic E-state index is 3.54. The molecule has 1 N–H and O–H groups in total. The fourth-order valence-corrected chi connectivity index (χ4v) is 2.71. The molecule has 1 rings (SSSR count). The van der Waals surface area contributed by atoms with Gasteiger partial charge in [-0.15, -0.1) is 0 Å². The average Bonchev–Trinajstić information content (AvgIpc) is 2.21. The van der Waals surface area contributed by atoms with Crippen LogP contribution in [0.2, 0.25) is 0 Å². The number of benzene rings is 1. The Morgan fingerprint density at radius 1 is 1.07 bits per heavy atom. The molecule has 3 heteroatoms. The molecule has 0 radical (unpaired) electrons. The Morgan fingerprint density at radius 3 is 2.33 bits per heavy atom.